The van der Waals surface area contributed by atoms with Gasteiger partial charge in [0.1, 0.15) is 27.9 Å². The van der Waals surface area contributed by atoms with Crippen molar-refractivity contribution >= 4 is 21.4 Å². The molecule has 9 nitrogen and oxygen atoms in total. The molecular weight excluding hydrogens is 502 g/mol. The van der Waals surface area contributed by atoms with Crippen LogP contribution in [0.5, 0.6) is 5.88 Å². The van der Waals surface area contributed by atoms with E-state index < -0.39 is 26.6 Å². The van der Waals surface area contributed by atoms with Gasteiger partial charge < -0.3 is 10.1 Å². The Bertz CT molecular complexity index is 1640. The molecule has 12 heteroatoms. The molecule has 1 fully saturated rings. The van der Waals surface area contributed by atoms with Crippen LogP contribution in [0.1, 0.15) is 18.5 Å². The summed E-state index contributed by atoms with van der Waals surface area (Å²) in [6, 6.07) is 7.14. The molecule has 190 valence electrons. The van der Waals surface area contributed by atoms with Gasteiger partial charge >= 0.3 is 0 Å². The highest BCUT2D eigenvalue weighted by Crippen LogP contribution is 2.30. The summed E-state index contributed by atoms with van der Waals surface area (Å²) in [6.45, 7) is 1.85. The summed E-state index contributed by atoms with van der Waals surface area (Å²) < 4.78 is 62.2. The Morgan fingerprint density at radius 3 is 2.78 bits per heavy atom. The number of sulfonamides is 1. The molecule has 1 saturated heterocycles. The van der Waals surface area contributed by atoms with Crippen molar-refractivity contribution in [2.45, 2.75) is 17.7 Å². The van der Waals surface area contributed by atoms with E-state index in [2.05, 4.69) is 36.9 Å². The summed E-state index contributed by atoms with van der Waals surface area (Å²) in [6.07, 6.45) is 5.24. The fourth-order valence-corrected chi connectivity index (χ4v) is 5.09. The summed E-state index contributed by atoms with van der Waals surface area (Å²) in [5.41, 5.74) is 2.11. The van der Waals surface area contributed by atoms with Gasteiger partial charge in [-0.25, -0.2) is 31.7 Å². The average molecular weight is 525 g/mol. The van der Waals surface area contributed by atoms with Crippen molar-refractivity contribution in [1.82, 2.24) is 24.9 Å². The van der Waals surface area contributed by atoms with Crippen LogP contribution in [0, 0.1) is 29.4 Å². The molecule has 37 heavy (non-hydrogen) atoms. The fraction of sp³-hybridized carbons (Fsp3) is 0.240. The first-order valence-electron chi connectivity index (χ1n) is 11.4. The fourth-order valence-electron chi connectivity index (χ4n) is 3.98. The second-order valence-electron chi connectivity index (χ2n) is 8.41. The minimum atomic E-state index is -4.41. The third kappa shape index (κ3) is 5.23. The second kappa shape index (κ2) is 10.1. The molecule has 1 atom stereocenters. The molecule has 0 amide bonds. The third-order valence-corrected chi connectivity index (χ3v) is 7.23. The summed E-state index contributed by atoms with van der Waals surface area (Å²) in [5, 5.41) is 7.96. The molecule has 2 N–H and O–H groups in total. The lowest BCUT2D eigenvalue weighted by Crippen LogP contribution is -2.28. The lowest BCUT2D eigenvalue weighted by Gasteiger charge is -2.17. The van der Waals surface area contributed by atoms with E-state index in [1.165, 1.54) is 19.4 Å². The number of benzene rings is 1. The topological polar surface area (TPSA) is 111 Å². The monoisotopic (exact) mass is 524 g/mol. The lowest BCUT2D eigenvalue weighted by molar-refractivity contribution is 0.400. The van der Waals surface area contributed by atoms with Crippen LogP contribution in [0.2, 0.25) is 0 Å². The van der Waals surface area contributed by atoms with Gasteiger partial charge in [0.05, 0.1) is 19.0 Å². The number of aromatic nitrogens is 4. The second-order valence-corrected chi connectivity index (χ2v) is 10.1. The summed E-state index contributed by atoms with van der Waals surface area (Å²) in [7, 11) is -3.09. The van der Waals surface area contributed by atoms with Gasteiger partial charge in [-0.2, -0.15) is 5.10 Å². The van der Waals surface area contributed by atoms with E-state index in [9.17, 15) is 17.2 Å². The number of rotatable bonds is 5. The molecule has 4 heterocycles. The number of methoxy groups -OCH3 is 1. The van der Waals surface area contributed by atoms with Crippen molar-refractivity contribution in [3.05, 3.63) is 66.1 Å². The Labute approximate surface area is 212 Å². The normalized spacial score (nSPS) is 15.7. The number of hydrogen-bond acceptors (Lipinski definition) is 7. The van der Waals surface area contributed by atoms with Crippen LogP contribution in [-0.4, -0.2) is 48.2 Å². The van der Waals surface area contributed by atoms with Crippen molar-refractivity contribution in [2.75, 3.05) is 24.9 Å². The third-order valence-electron chi connectivity index (χ3n) is 5.83. The molecule has 5 rings (SSSR count). The zero-order valence-electron chi connectivity index (χ0n) is 19.7. The van der Waals surface area contributed by atoms with Crippen molar-refractivity contribution in [2.24, 2.45) is 5.92 Å². The van der Waals surface area contributed by atoms with Gasteiger partial charge in [0.25, 0.3) is 10.0 Å². The summed E-state index contributed by atoms with van der Waals surface area (Å²) >= 11 is 0. The van der Waals surface area contributed by atoms with Crippen molar-refractivity contribution in [3.63, 3.8) is 0 Å². The van der Waals surface area contributed by atoms with E-state index in [0.717, 1.165) is 38.1 Å². The van der Waals surface area contributed by atoms with E-state index in [0.29, 0.717) is 28.7 Å². The van der Waals surface area contributed by atoms with E-state index >= 15 is 0 Å². The molecule has 3 aromatic heterocycles. The van der Waals surface area contributed by atoms with Crippen molar-refractivity contribution < 1.29 is 21.9 Å². The number of imidazole rings is 1. The van der Waals surface area contributed by atoms with Crippen LogP contribution in [-0.2, 0) is 10.0 Å². The predicted octanol–water partition coefficient (Wildman–Crippen LogP) is 3.23. The van der Waals surface area contributed by atoms with E-state index in [-0.39, 0.29) is 17.5 Å². The molecule has 0 bridgehead atoms. The summed E-state index contributed by atoms with van der Waals surface area (Å²) in [4.78, 5) is 7.81. The maximum atomic E-state index is 14.2. The SMILES string of the molecule is COc1ncc(-c2ccc3ncc(C#CC4CCCNC4)n3n2)cc1NS(=O)(=O)c1ccc(F)cc1F. The number of anilines is 1. The Balaban J connectivity index is 1.49. The number of pyridine rings is 1. The molecule has 0 radical (unpaired) electrons. The van der Waals surface area contributed by atoms with Crippen LogP contribution < -0.4 is 14.8 Å². The first-order chi connectivity index (χ1) is 17.8. The minimum Gasteiger partial charge on any atom is -0.480 e. The van der Waals surface area contributed by atoms with Crippen molar-refractivity contribution in [1.29, 1.82) is 0 Å². The first kappa shape index (κ1) is 24.6. The zero-order chi connectivity index (χ0) is 26.0. The quantitative estimate of drug-likeness (QED) is 0.386. The summed E-state index contributed by atoms with van der Waals surface area (Å²) in [5.74, 6) is 4.55. The van der Waals surface area contributed by atoms with Gasteiger partial charge in [0, 0.05) is 30.3 Å². The molecule has 1 aromatic carbocycles. The van der Waals surface area contributed by atoms with Crippen LogP contribution in [0.4, 0.5) is 14.5 Å². The number of fused-ring (bicyclic) bond motifs is 1. The zero-order valence-corrected chi connectivity index (χ0v) is 20.5. The van der Waals surface area contributed by atoms with E-state index in [4.69, 9.17) is 4.74 Å². The molecule has 0 saturated carbocycles. The van der Waals surface area contributed by atoms with Crippen LogP contribution in [0.15, 0.2) is 53.7 Å². The number of nitrogens with zero attached hydrogens (tertiary/aromatic N) is 4. The smallest absolute Gasteiger partial charge is 0.264 e. The molecule has 0 aliphatic carbocycles. The van der Waals surface area contributed by atoms with Crippen LogP contribution >= 0.6 is 0 Å². The first-order valence-corrected chi connectivity index (χ1v) is 12.9. The Kier molecular flexibility index (Phi) is 6.73. The highest BCUT2D eigenvalue weighted by atomic mass is 32.2. The van der Waals surface area contributed by atoms with Gasteiger partial charge in [-0.15, -0.1) is 0 Å². The number of ether oxygens (including phenoxy) is 1. The number of hydrogen-bond donors (Lipinski definition) is 2. The van der Waals surface area contributed by atoms with Gasteiger partial charge in [-0.05, 0) is 55.6 Å². The minimum absolute atomic E-state index is 0.0359. The molecular formula is C25H22F2N6O3S. The van der Waals surface area contributed by atoms with Crippen molar-refractivity contribution in [3.8, 4) is 29.0 Å². The number of nitrogens with one attached hydrogen (secondary N) is 2. The number of piperidine rings is 1. The number of halogens is 2. The lowest BCUT2D eigenvalue weighted by atomic mass is 10.0. The maximum absolute atomic E-state index is 14.2. The highest BCUT2D eigenvalue weighted by Gasteiger charge is 2.22. The molecule has 0 spiro atoms. The Morgan fingerprint density at radius 2 is 2.03 bits per heavy atom. The largest absolute Gasteiger partial charge is 0.480 e. The van der Waals surface area contributed by atoms with E-state index in [1.54, 1.807) is 22.8 Å². The molecule has 4 aromatic rings. The van der Waals surface area contributed by atoms with Gasteiger partial charge in [0.15, 0.2) is 5.65 Å². The Morgan fingerprint density at radius 1 is 1.16 bits per heavy atom. The standard InChI is InChI=1S/C25H22F2N6O3S/c1-36-25-22(32-37(34,35)23-8-5-18(26)12-20(23)27)11-17(14-30-25)21-7-9-24-29-15-19(33(24)31-21)6-4-16-3-2-10-28-13-16/h5,7-9,11-12,14-16,28,32H,2-3,10,13H2,1H3. The maximum Gasteiger partial charge on any atom is 0.264 e. The van der Waals surface area contributed by atoms with E-state index in [1.807, 2.05) is 0 Å². The molecule has 1 aliphatic heterocycles. The van der Waals surface area contributed by atoms with Crippen LogP contribution in [0.3, 0.4) is 0 Å². The van der Waals surface area contributed by atoms with Gasteiger partial charge in [0.2, 0.25) is 5.88 Å². The molecule has 1 aliphatic rings. The molecule has 1 unspecified atom stereocenters. The predicted molar refractivity (Wildman–Crippen MR) is 132 cm³/mol. The average Bonchev–Trinajstić information content (AvgIpc) is 3.30. The highest BCUT2D eigenvalue weighted by molar-refractivity contribution is 7.92. The van der Waals surface area contributed by atoms with Gasteiger partial charge in [-0.3, -0.25) is 4.72 Å². The van der Waals surface area contributed by atoms with Crippen LogP contribution in [0.25, 0.3) is 16.9 Å². The van der Waals surface area contributed by atoms with Gasteiger partial charge in [-0.1, -0.05) is 5.92 Å². The Hall–Kier alpha value is -4.08.